The van der Waals surface area contributed by atoms with E-state index >= 15 is 0 Å². The van der Waals surface area contributed by atoms with Crippen LogP contribution in [0, 0.1) is 0 Å². The molecule has 3 heterocycles. The van der Waals surface area contributed by atoms with E-state index in [1.54, 1.807) is 11.8 Å². The monoisotopic (exact) mass is 281 g/mol. The van der Waals surface area contributed by atoms with Gasteiger partial charge < -0.3 is 15.4 Å². The summed E-state index contributed by atoms with van der Waals surface area (Å²) < 4.78 is 5.56. The molecule has 0 radical (unpaired) electrons. The van der Waals surface area contributed by atoms with Crippen molar-refractivity contribution in [1.82, 2.24) is 15.0 Å². The number of hydrogen-bond acceptors (Lipinski definition) is 7. The smallest absolute Gasteiger partial charge is 0.231 e. The Morgan fingerprint density at radius 1 is 1.26 bits per heavy atom. The largest absolute Gasteiger partial charge is 0.377 e. The summed E-state index contributed by atoms with van der Waals surface area (Å²) in [5, 5.41) is 1.13. The summed E-state index contributed by atoms with van der Waals surface area (Å²) in [5.41, 5.74) is 5.80. The van der Waals surface area contributed by atoms with E-state index in [1.807, 2.05) is 0 Å². The molecule has 0 aliphatic carbocycles. The van der Waals surface area contributed by atoms with Gasteiger partial charge in [-0.1, -0.05) is 11.8 Å². The standard InChI is InChI=1S/C12H19N5OS/c1-8-9(4-7-18-8)19-12-15-10(13)14-11(16-12)17-5-2-3-6-17/h8-9H,2-7H2,1H3,(H2,13,14,15,16). The van der Waals surface area contributed by atoms with Gasteiger partial charge in [-0.15, -0.1) is 0 Å². The number of thioether (sulfide) groups is 1. The molecule has 0 amide bonds. The van der Waals surface area contributed by atoms with Crippen molar-refractivity contribution in [3.8, 4) is 0 Å². The van der Waals surface area contributed by atoms with Crippen molar-refractivity contribution < 1.29 is 4.74 Å². The van der Waals surface area contributed by atoms with Crippen molar-refractivity contribution >= 4 is 23.7 Å². The Morgan fingerprint density at radius 3 is 2.74 bits per heavy atom. The van der Waals surface area contributed by atoms with Crippen LogP contribution in [-0.4, -0.2) is 46.0 Å². The summed E-state index contributed by atoms with van der Waals surface area (Å²) in [6, 6.07) is 0. The molecule has 2 saturated heterocycles. The summed E-state index contributed by atoms with van der Waals surface area (Å²) >= 11 is 1.65. The maximum Gasteiger partial charge on any atom is 0.231 e. The SMILES string of the molecule is CC1OCCC1Sc1nc(N)nc(N2CCCC2)n1. The van der Waals surface area contributed by atoms with Gasteiger partial charge in [-0.05, 0) is 26.2 Å². The van der Waals surface area contributed by atoms with Crippen LogP contribution in [0.15, 0.2) is 5.16 Å². The van der Waals surface area contributed by atoms with E-state index in [4.69, 9.17) is 10.5 Å². The van der Waals surface area contributed by atoms with Gasteiger partial charge in [0.2, 0.25) is 11.9 Å². The summed E-state index contributed by atoms with van der Waals surface area (Å²) in [5.74, 6) is 1.03. The molecule has 2 aliphatic heterocycles. The molecule has 2 aliphatic rings. The van der Waals surface area contributed by atoms with Crippen LogP contribution in [0.25, 0.3) is 0 Å². The molecule has 1 aromatic rings. The highest BCUT2D eigenvalue weighted by Gasteiger charge is 2.27. The van der Waals surface area contributed by atoms with E-state index in [9.17, 15) is 0 Å². The minimum atomic E-state index is 0.248. The predicted octanol–water partition coefficient (Wildman–Crippen LogP) is 1.32. The van der Waals surface area contributed by atoms with Gasteiger partial charge in [0, 0.05) is 24.9 Å². The van der Waals surface area contributed by atoms with E-state index in [0.29, 0.717) is 11.2 Å². The van der Waals surface area contributed by atoms with Crippen molar-refractivity contribution in [3.63, 3.8) is 0 Å². The van der Waals surface area contributed by atoms with Gasteiger partial charge in [0.05, 0.1) is 6.10 Å². The second-order valence-electron chi connectivity index (χ2n) is 4.99. The fourth-order valence-corrected chi connectivity index (χ4v) is 3.51. The van der Waals surface area contributed by atoms with Gasteiger partial charge in [0.25, 0.3) is 0 Å². The lowest BCUT2D eigenvalue weighted by Gasteiger charge is -2.17. The lowest BCUT2D eigenvalue weighted by molar-refractivity contribution is 0.127. The van der Waals surface area contributed by atoms with Crippen molar-refractivity contribution in [2.24, 2.45) is 0 Å². The Morgan fingerprint density at radius 2 is 2.05 bits per heavy atom. The van der Waals surface area contributed by atoms with Crippen LogP contribution < -0.4 is 10.6 Å². The predicted molar refractivity (Wildman–Crippen MR) is 75.4 cm³/mol. The molecule has 0 saturated carbocycles. The summed E-state index contributed by atoms with van der Waals surface area (Å²) in [6.07, 6.45) is 3.68. The molecular weight excluding hydrogens is 262 g/mol. The Labute approximate surface area is 117 Å². The summed E-state index contributed by atoms with van der Waals surface area (Å²) in [6.45, 7) is 4.93. The van der Waals surface area contributed by atoms with Crippen LogP contribution in [0.1, 0.15) is 26.2 Å². The maximum absolute atomic E-state index is 5.80. The molecule has 104 valence electrons. The van der Waals surface area contributed by atoms with E-state index < -0.39 is 0 Å². The average Bonchev–Trinajstić information content (AvgIpc) is 3.01. The van der Waals surface area contributed by atoms with Gasteiger partial charge in [0.1, 0.15) is 0 Å². The average molecular weight is 281 g/mol. The van der Waals surface area contributed by atoms with E-state index in [1.165, 1.54) is 12.8 Å². The molecule has 2 atom stereocenters. The van der Waals surface area contributed by atoms with Crippen molar-refractivity contribution in [2.45, 2.75) is 42.7 Å². The molecule has 2 N–H and O–H groups in total. The first-order valence-electron chi connectivity index (χ1n) is 6.77. The van der Waals surface area contributed by atoms with Gasteiger partial charge in [-0.3, -0.25) is 0 Å². The number of hydrogen-bond donors (Lipinski definition) is 1. The van der Waals surface area contributed by atoms with Crippen LogP contribution in [0.3, 0.4) is 0 Å². The fourth-order valence-electron chi connectivity index (χ4n) is 2.47. The van der Waals surface area contributed by atoms with Crippen molar-refractivity contribution in [1.29, 1.82) is 0 Å². The number of aromatic nitrogens is 3. The molecule has 2 fully saturated rings. The minimum Gasteiger partial charge on any atom is -0.377 e. The van der Waals surface area contributed by atoms with Crippen LogP contribution in [0.4, 0.5) is 11.9 Å². The Bertz CT molecular complexity index is 452. The van der Waals surface area contributed by atoms with Gasteiger partial charge >= 0.3 is 0 Å². The zero-order valence-electron chi connectivity index (χ0n) is 11.1. The Hall–Kier alpha value is -1.08. The number of nitrogens with two attached hydrogens (primary N) is 1. The zero-order valence-corrected chi connectivity index (χ0v) is 11.9. The second-order valence-corrected chi connectivity index (χ2v) is 6.20. The van der Waals surface area contributed by atoms with E-state index in [-0.39, 0.29) is 6.10 Å². The van der Waals surface area contributed by atoms with Gasteiger partial charge in [-0.25, -0.2) is 0 Å². The number of nitrogen functional groups attached to an aromatic ring is 1. The Kier molecular flexibility index (Phi) is 3.74. The zero-order chi connectivity index (χ0) is 13.2. The molecule has 3 rings (SSSR count). The molecule has 0 spiro atoms. The van der Waals surface area contributed by atoms with Crippen LogP contribution in [-0.2, 0) is 4.74 Å². The fraction of sp³-hybridized carbons (Fsp3) is 0.750. The topological polar surface area (TPSA) is 77.2 Å². The van der Waals surface area contributed by atoms with E-state index in [2.05, 4.69) is 26.8 Å². The highest BCUT2D eigenvalue weighted by Crippen LogP contribution is 2.31. The molecule has 1 aromatic heterocycles. The third-order valence-electron chi connectivity index (χ3n) is 3.57. The third kappa shape index (κ3) is 2.92. The first-order valence-corrected chi connectivity index (χ1v) is 7.65. The maximum atomic E-state index is 5.80. The number of nitrogens with zero attached hydrogens (tertiary/aromatic N) is 4. The van der Waals surface area contributed by atoms with E-state index in [0.717, 1.165) is 37.2 Å². The van der Waals surface area contributed by atoms with Crippen molar-refractivity contribution in [2.75, 3.05) is 30.3 Å². The molecule has 7 heteroatoms. The molecule has 0 bridgehead atoms. The van der Waals surface area contributed by atoms with Crippen LogP contribution in [0.2, 0.25) is 0 Å². The van der Waals surface area contributed by atoms with Crippen molar-refractivity contribution in [3.05, 3.63) is 0 Å². The molecule has 19 heavy (non-hydrogen) atoms. The van der Waals surface area contributed by atoms with Gasteiger partial charge in [-0.2, -0.15) is 15.0 Å². The third-order valence-corrected chi connectivity index (χ3v) is 4.89. The Balaban J connectivity index is 1.77. The molecular formula is C12H19N5OS. The lowest BCUT2D eigenvalue weighted by atomic mass is 10.3. The number of rotatable bonds is 3. The summed E-state index contributed by atoms with van der Waals surface area (Å²) in [4.78, 5) is 15.2. The molecule has 6 nitrogen and oxygen atoms in total. The first kappa shape index (κ1) is 12.9. The summed E-state index contributed by atoms with van der Waals surface area (Å²) in [7, 11) is 0. The van der Waals surface area contributed by atoms with Crippen LogP contribution in [0.5, 0.6) is 0 Å². The quantitative estimate of drug-likeness (QED) is 0.895. The molecule has 2 unspecified atom stereocenters. The molecule has 0 aromatic carbocycles. The minimum absolute atomic E-state index is 0.248. The highest BCUT2D eigenvalue weighted by atomic mass is 32.2. The number of anilines is 2. The normalized spacial score (nSPS) is 27.1. The highest BCUT2D eigenvalue weighted by molar-refractivity contribution is 7.99. The first-order chi connectivity index (χ1) is 9.22. The van der Waals surface area contributed by atoms with Crippen LogP contribution >= 0.6 is 11.8 Å². The lowest BCUT2D eigenvalue weighted by Crippen LogP contribution is -2.22. The number of ether oxygens (including phenoxy) is 1. The second kappa shape index (κ2) is 5.50. The van der Waals surface area contributed by atoms with Gasteiger partial charge in [0.15, 0.2) is 5.16 Å².